The molecule has 0 aliphatic rings. The molecular weight excluding hydrogens is 443 g/mol. The molecular formula is C25H23FN2O4S. The molecule has 0 spiro atoms. The normalized spacial score (nSPS) is 11.5. The molecule has 0 atom stereocenters. The van der Waals surface area contributed by atoms with E-state index in [9.17, 15) is 17.6 Å². The zero-order chi connectivity index (χ0) is 23.8. The highest BCUT2D eigenvalue weighted by Crippen LogP contribution is 2.32. The molecule has 170 valence electrons. The van der Waals surface area contributed by atoms with Gasteiger partial charge >= 0.3 is 5.97 Å². The van der Waals surface area contributed by atoms with Crippen molar-refractivity contribution in [3.8, 4) is 5.69 Å². The number of nitrogens with one attached hydrogen (secondary N) is 1. The fraction of sp³-hybridized carbons (Fsp3) is 0.160. The highest BCUT2D eigenvalue weighted by atomic mass is 32.2. The Balaban J connectivity index is 1.85. The van der Waals surface area contributed by atoms with Crippen LogP contribution in [0.25, 0.3) is 16.6 Å². The number of hydrogen-bond donors (Lipinski definition) is 1. The van der Waals surface area contributed by atoms with Crippen molar-refractivity contribution in [2.24, 2.45) is 0 Å². The summed E-state index contributed by atoms with van der Waals surface area (Å²) in [6.07, 6.45) is 0. The third-order valence-corrected chi connectivity index (χ3v) is 6.75. The average molecular weight is 467 g/mol. The van der Waals surface area contributed by atoms with E-state index in [-0.39, 0.29) is 17.2 Å². The standard InChI is InChI=1S/C25H23FN2O4S/c1-4-32-25(29)24-17(3)28(20-10-5-16(2)6-11-20)23-14-9-19(15-22(23)24)27-33(30,31)21-12-7-18(26)8-13-21/h5-15,27H,4H2,1-3H3. The van der Waals surface area contributed by atoms with Gasteiger partial charge in [0.1, 0.15) is 5.82 Å². The summed E-state index contributed by atoms with van der Waals surface area (Å²) >= 11 is 0. The van der Waals surface area contributed by atoms with Crippen LogP contribution in [0.5, 0.6) is 0 Å². The summed E-state index contributed by atoms with van der Waals surface area (Å²) in [5.41, 5.74) is 4.05. The van der Waals surface area contributed by atoms with Crippen LogP contribution < -0.4 is 4.72 Å². The van der Waals surface area contributed by atoms with Crippen molar-refractivity contribution in [3.63, 3.8) is 0 Å². The second-order valence-electron chi connectivity index (χ2n) is 7.64. The molecule has 0 aliphatic carbocycles. The van der Waals surface area contributed by atoms with Crippen LogP contribution >= 0.6 is 0 Å². The molecule has 4 rings (SSSR count). The van der Waals surface area contributed by atoms with Crippen LogP contribution in [0, 0.1) is 19.7 Å². The summed E-state index contributed by atoms with van der Waals surface area (Å²) in [5.74, 6) is -1.01. The summed E-state index contributed by atoms with van der Waals surface area (Å²) in [6.45, 7) is 5.77. The van der Waals surface area contributed by atoms with Crippen molar-refractivity contribution in [2.45, 2.75) is 25.7 Å². The number of carbonyl (C=O) groups is 1. The number of ether oxygens (including phenoxy) is 1. The third kappa shape index (κ3) is 4.34. The van der Waals surface area contributed by atoms with Gasteiger partial charge in [0, 0.05) is 22.5 Å². The number of aryl methyl sites for hydroxylation is 1. The van der Waals surface area contributed by atoms with Crippen molar-refractivity contribution in [1.82, 2.24) is 4.57 Å². The number of fused-ring (bicyclic) bond motifs is 1. The number of halogens is 1. The smallest absolute Gasteiger partial charge is 0.340 e. The molecule has 0 saturated carbocycles. The first-order chi connectivity index (χ1) is 15.7. The van der Waals surface area contributed by atoms with Crippen LogP contribution in [-0.4, -0.2) is 25.6 Å². The van der Waals surface area contributed by atoms with Gasteiger partial charge in [-0.1, -0.05) is 17.7 Å². The van der Waals surface area contributed by atoms with Gasteiger partial charge in [0.25, 0.3) is 10.0 Å². The van der Waals surface area contributed by atoms with Gasteiger partial charge in [0.2, 0.25) is 0 Å². The number of hydrogen-bond acceptors (Lipinski definition) is 4. The van der Waals surface area contributed by atoms with Crippen LogP contribution in [-0.2, 0) is 14.8 Å². The SMILES string of the molecule is CCOC(=O)c1c(C)n(-c2ccc(C)cc2)c2ccc(NS(=O)(=O)c3ccc(F)cc3)cc12. The quantitative estimate of drug-likeness (QED) is 0.388. The summed E-state index contributed by atoms with van der Waals surface area (Å²) in [4.78, 5) is 12.8. The minimum atomic E-state index is -3.94. The molecule has 1 heterocycles. The minimum Gasteiger partial charge on any atom is -0.462 e. The monoisotopic (exact) mass is 466 g/mol. The molecule has 0 amide bonds. The maximum atomic E-state index is 13.2. The Labute approximate surface area is 191 Å². The minimum absolute atomic E-state index is 0.0666. The molecule has 0 saturated heterocycles. The van der Waals surface area contributed by atoms with E-state index in [0.29, 0.717) is 16.6 Å². The zero-order valence-corrected chi connectivity index (χ0v) is 19.2. The third-order valence-electron chi connectivity index (χ3n) is 5.35. The molecule has 0 radical (unpaired) electrons. The number of esters is 1. The maximum Gasteiger partial charge on any atom is 0.340 e. The number of sulfonamides is 1. The number of carbonyl (C=O) groups excluding carboxylic acids is 1. The predicted molar refractivity (Wildman–Crippen MR) is 126 cm³/mol. The first kappa shape index (κ1) is 22.5. The molecule has 4 aromatic rings. The first-order valence-electron chi connectivity index (χ1n) is 10.4. The highest BCUT2D eigenvalue weighted by molar-refractivity contribution is 7.92. The molecule has 1 N–H and O–H groups in total. The van der Waals surface area contributed by atoms with Crippen molar-refractivity contribution in [1.29, 1.82) is 0 Å². The van der Waals surface area contributed by atoms with Crippen LogP contribution in [0.2, 0.25) is 0 Å². The van der Waals surface area contributed by atoms with Gasteiger partial charge < -0.3 is 9.30 Å². The predicted octanol–water partition coefficient (Wildman–Crippen LogP) is 5.36. The largest absolute Gasteiger partial charge is 0.462 e. The Morgan fingerprint density at radius 3 is 2.30 bits per heavy atom. The fourth-order valence-electron chi connectivity index (χ4n) is 3.80. The van der Waals surface area contributed by atoms with Crippen LogP contribution in [0.4, 0.5) is 10.1 Å². The Kier molecular flexibility index (Phi) is 5.95. The fourth-order valence-corrected chi connectivity index (χ4v) is 4.85. The molecule has 8 heteroatoms. The molecule has 1 aromatic heterocycles. The second kappa shape index (κ2) is 8.71. The molecule has 0 bridgehead atoms. The van der Waals surface area contributed by atoms with Crippen molar-refractivity contribution >= 4 is 32.6 Å². The van der Waals surface area contributed by atoms with Gasteiger partial charge in [0.05, 0.1) is 22.6 Å². The molecule has 6 nitrogen and oxygen atoms in total. The van der Waals surface area contributed by atoms with Crippen LogP contribution in [0.3, 0.4) is 0 Å². The van der Waals surface area contributed by atoms with Crippen molar-refractivity contribution < 1.29 is 22.3 Å². The second-order valence-corrected chi connectivity index (χ2v) is 9.33. The number of nitrogens with zero attached hydrogens (tertiary/aromatic N) is 1. The Morgan fingerprint density at radius 1 is 1.00 bits per heavy atom. The van der Waals surface area contributed by atoms with E-state index in [4.69, 9.17) is 4.74 Å². The Morgan fingerprint density at radius 2 is 1.67 bits per heavy atom. The van der Waals surface area contributed by atoms with Crippen molar-refractivity contribution in [3.05, 3.63) is 89.4 Å². The summed E-state index contributed by atoms with van der Waals surface area (Å²) in [7, 11) is -3.94. The van der Waals surface area contributed by atoms with E-state index >= 15 is 0 Å². The maximum absolute atomic E-state index is 13.2. The summed E-state index contributed by atoms with van der Waals surface area (Å²) in [6, 6.07) is 17.4. The van der Waals surface area contributed by atoms with Gasteiger partial charge in [-0.15, -0.1) is 0 Å². The molecule has 0 fully saturated rings. The van der Waals surface area contributed by atoms with Gasteiger partial charge in [-0.3, -0.25) is 4.72 Å². The number of rotatable bonds is 6. The van der Waals surface area contributed by atoms with Crippen LogP contribution in [0.15, 0.2) is 71.6 Å². The van der Waals surface area contributed by atoms with Crippen molar-refractivity contribution in [2.75, 3.05) is 11.3 Å². The lowest BCUT2D eigenvalue weighted by molar-refractivity contribution is 0.0527. The summed E-state index contributed by atoms with van der Waals surface area (Å²) < 4.78 is 48.5. The van der Waals surface area contributed by atoms with E-state index in [1.807, 2.05) is 42.7 Å². The van der Waals surface area contributed by atoms with Gasteiger partial charge in [-0.25, -0.2) is 17.6 Å². The van der Waals surface area contributed by atoms with Crippen LogP contribution in [0.1, 0.15) is 28.5 Å². The van der Waals surface area contributed by atoms with Gasteiger partial charge in [-0.05, 0) is 75.4 Å². The average Bonchev–Trinajstić information content (AvgIpc) is 3.05. The zero-order valence-electron chi connectivity index (χ0n) is 18.4. The molecule has 3 aromatic carbocycles. The van der Waals surface area contributed by atoms with Gasteiger partial charge in [0.15, 0.2) is 0 Å². The van der Waals surface area contributed by atoms with E-state index in [1.165, 1.54) is 12.1 Å². The Bertz CT molecular complexity index is 1440. The molecule has 0 unspecified atom stereocenters. The molecule has 0 aliphatic heterocycles. The highest BCUT2D eigenvalue weighted by Gasteiger charge is 2.23. The number of benzene rings is 3. The lowest BCUT2D eigenvalue weighted by Gasteiger charge is -2.10. The van der Waals surface area contributed by atoms with E-state index in [0.717, 1.165) is 28.9 Å². The Hall–Kier alpha value is -3.65. The number of aromatic nitrogens is 1. The lowest BCUT2D eigenvalue weighted by atomic mass is 10.1. The topological polar surface area (TPSA) is 77.4 Å². The summed E-state index contributed by atoms with van der Waals surface area (Å²) in [5, 5.41) is 0.561. The van der Waals surface area contributed by atoms with Gasteiger partial charge in [-0.2, -0.15) is 0 Å². The number of anilines is 1. The molecule has 33 heavy (non-hydrogen) atoms. The van der Waals surface area contributed by atoms with E-state index in [2.05, 4.69) is 4.72 Å². The first-order valence-corrected chi connectivity index (χ1v) is 11.9. The lowest BCUT2D eigenvalue weighted by Crippen LogP contribution is -2.13. The van der Waals surface area contributed by atoms with E-state index < -0.39 is 21.8 Å². The van der Waals surface area contributed by atoms with E-state index in [1.54, 1.807) is 25.1 Å².